The van der Waals surface area contributed by atoms with Gasteiger partial charge in [0.15, 0.2) is 0 Å². The number of aliphatic hydroxyl groups excluding tert-OH is 1. The molecule has 0 aliphatic carbocycles. The SMILES string of the molecule is CN=CCN=CNCC(N)O. The molecule has 0 saturated carbocycles. The highest BCUT2D eigenvalue weighted by Gasteiger charge is 1.88. The second kappa shape index (κ2) is 7.17. The highest BCUT2D eigenvalue weighted by molar-refractivity contribution is 5.63. The number of rotatable bonds is 5. The van der Waals surface area contributed by atoms with Crippen molar-refractivity contribution in [2.45, 2.75) is 6.23 Å². The molecule has 0 rings (SSSR count). The average molecular weight is 158 g/mol. The van der Waals surface area contributed by atoms with E-state index in [1.807, 2.05) is 0 Å². The maximum Gasteiger partial charge on any atom is 0.119 e. The number of nitrogens with one attached hydrogen (secondary N) is 1. The fraction of sp³-hybridized carbons (Fsp3) is 0.667. The fourth-order valence-electron chi connectivity index (χ4n) is 0.419. The first kappa shape index (κ1) is 10.1. The molecule has 0 aromatic carbocycles. The molecule has 0 saturated heterocycles. The number of hydrogen-bond donors (Lipinski definition) is 3. The summed E-state index contributed by atoms with van der Waals surface area (Å²) >= 11 is 0. The van der Waals surface area contributed by atoms with E-state index in [0.717, 1.165) is 0 Å². The lowest BCUT2D eigenvalue weighted by atomic mass is 10.6. The van der Waals surface area contributed by atoms with Crippen molar-refractivity contribution in [3.63, 3.8) is 0 Å². The molecule has 0 fully saturated rings. The van der Waals surface area contributed by atoms with Crippen LogP contribution in [0.15, 0.2) is 9.98 Å². The van der Waals surface area contributed by atoms with Crippen molar-refractivity contribution in [1.82, 2.24) is 5.32 Å². The van der Waals surface area contributed by atoms with Crippen LogP contribution in [0.2, 0.25) is 0 Å². The Morgan fingerprint density at radius 1 is 1.73 bits per heavy atom. The third-order valence-corrected chi connectivity index (χ3v) is 0.879. The van der Waals surface area contributed by atoms with Gasteiger partial charge in [0.25, 0.3) is 0 Å². The molecule has 0 heterocycles. The predicted molar refractivity (Wildman–Crippen MR) is 46.0 cm³/mol. The number of aliphatic hydroxyl groups is 1. The molecule has 11 heavy (non-hydrogen) atoms. The molecule has 0 aliphatic rings. The third-order valence-electron chi connectivity index (χ3n) is 0.879. The van der Waals surface area contributed by atoms with Crippen LogP contribution in [0.3, 0.4) is 0 Å². The van der Waals surface area contributed by atoms with E-state index in [1.165, 1.54) is 6.34 Å². The molecule has 0 amide bonds. The van der Waals surface area contributed by atoms with Gasteiger partial charge < -0.3 is 16.2 Å². The Labute approximate surface area is 66.0 Å². The van der Waals surface area contributed by atoms with E-state index in [4.69, 9.17) is 10.8 Å². The number of aliphatic imine (C=N–C) groups is 2. The van der Waals surface area contributed by atoms with Gasteiger partial charge in [-0.3, -0.25) is 9.98 Å². The van der Waals surface area contributed by atoms with Crippen molar-refractivity contribution < 1.29 is 5.11 Å². The van der Waals surface area contributed by atoms with Crippen LogP contribution >= 0.6 is 0 Å². The maximum absolute atomic E-state index is 8.58. The molecular formula is C6H14N4O. The van der Waals surface area contributed by atoms with Gasteiger partial charge in [0, 0.05) is 13.3 Å². The smallest absolute Gasteiger partial charge is 0.119 e. The summed E-state index contributed by atoms with van der Waals surface area (Å²) in [7, 11) is 1.69. The second-order valence-corrected chi connectivity index (χ2v) is 1.91. The van der Waals surface area contributed by atoms with Crippen LogP contribution in [0.1, 0.15) is 0 Å². The third kappa shape index (κ3) is 9.06. The van der Waals surface area contributed by atoms with Gasteiger partial charge in [-0.1, -0.05) is 0 Å². The maximum atomic E-state index is 8.58. The van der Waals surface area contributed by atoms with Crippen LogP contribution in [0.4, 0.5) is 0 Å². The Morgan fingerprint density at radius 3 is 3.00 bits per heavy atom. The summed E-state index contributed by atoms with van der Waals surface area (Å²) < 4.78 is 0. The normalized spacial score (nSPS) is 14.5. The van der Waals surface area contributed by atoms with E-state index in [1.54, 1.807) is 13.3 Å². The van der Waals surface area contributed by atoms with E-state index in [2.05, 4.69) is 15.3 Å². The largest absolute Gasteiger partial charge is 0.377 e. The van der Waals surface area contributed by atoms with E-state index >= 15 is 0 Å². The van der Waals surface area contributed by atoms with Gasteiger partial charge in [-0.15, -0.1) is 0 Å². The Balaban J connectivity index is 3.16. The number of nitrogens with two attached hydrogens (primary N) is 1. The van der Waals surface area contributed by atoms with Crippen LogP contribution in [0.25, 0.3) is 0 Å². The molecule has 4 N–H and O–H groups in total. The quantitative estimate of drug-likeness (QED) is 0.261. The Bertz CT molecular complexity index is 133. The van der Waals surface area contributed by atoms with Crippen molar-refractivity contribution in [3.8, 4) is 0 Å². The zero-order valence-electron chi connectivity index (χ0n) is 6.57. The number of nitrogens with zero attached hydrogens (tertiary/aromatic N) is 2. The molecule has 0 radical (unpaired) electrons. The summed E-state index contributed by atoms with van der Waals surface area (Å²) in [6.07, 6.45) is 2.34. The van der Waals surface area contributed by atoms with Crippen molar-refractivity contribution in [2.24, 2.45) is 15.7 Å². The molecule has 0 spiro atoms. The second-order valence-electron chi connectivity index (χ2n) is 1.91. The van der Waals surface area contributed by atoms with E-state index < -0.39 is 6.23 Å². The van der Waals surface area contributed by atoms with Gasteiger partial charge in [0.2, 0.25) is 0 Å². The van der Waals surface area contributed by atoms with Crippen molar-refractivity contribution >= 4 is 12.6 Å². The summed E-state index contributed by atoms with van der Waals surface area (Å²) in [6.45, 7) is 0.858. The monoisotopic (exact) mass is 158 g/mol. The average Bonchev–Trinajstić information content (AvgIpc) is 1.96. The molecule has 0 aliphatic heterocycles. The zero-order valence-corrected chi connectivity index (χ0v) is 6.57. The molecule has 0 bridgehead atoms. The molecule has 5 nitrogen and oxygen atoms in total. The van der Waals surface area contributed by atoms with E-state index in [0.29, 0.717) is 13.1 Å². The van der Waals surface area contributed by atoms with Gasteiger partial charge in [0.05, 0.1) is 19.4 Å². The Kier molecular flexibility index (Phi) is 6.56. The summed E-state index contributed by atoms with van der Waals surface area (Å²) in [5, 5.41) is 11.3. The van der Waals surface area contributed by atoms with Crippen LogP contribution < -0.4 is 11.1 Å². The predicted octanol–water partition coefficient (Wildman–Crippen LogP) is -1.42. The van der Waals surface area contributed by atoms with Gasteiger partial charge in [-0.05, 0) is 0 Å². The molecule has 1 atom stereocenters. The van der Waals surface area contributed by atoms with Crippen molar-refractivity contribution in [3.05, 3.63) is 0 Å². The lowest BCUT2D eigenvalue weighted by Crippen LogP contribution is -2.32. The first-order valence-corrected chi connectivity index (χ1v) is 3.33. The minimum atomic E-state index is -0.832. The molecule has 0 aromatic heterocycles. The van der Waals surface area contributed by atoms with Crippen LogP contribution in [0.5, 0.6) is 0 Å². The minimum absolute atomic E-state index is 0.312. The summed E-state index contributed by atoms with van der Waals surface area (Å²) in [5.74, 6) is 0. The van der Waals surface area contributed by atoms with Gasteiger partial charge in [-0.2, -0.15) is 0 Å². The van der Waals surface area contributed by atoms with E-state index in [9.17, 15) is 0 Å². The van der Waals surface area contributed by atoms with Crippen LogP contribution in [-0.4, -0.2) is 44.0 Å². The van der Waals surface area contributed by atoms with Gasteiger partial charge in [-0.25, -0.2) is 0 Å². The molecular weight excluding hydrogens is 144 g/mol. The van der Waals surface area contributed by atoms with E-state index in [-0.39, 0.29) is 0 Å². The number of hydrogen-bond acceptors (Lipinski definition) is 4. The highest BCUT2D eigenvalue weighted by Crippen LogP contribution is 1.64. The molecule has 1 unspecified atom stereocenters. The van der Waals surface area contributed by atoms with Crippen molar-refractivity contribution in [2.75, 3.05) is 20.1 Å². The Morgan fingerprint density at radius 2 is 2.45 bits per heavy atom. The lowest BCUT2D eigenvalue weighted by molar-refractivity contribution is 0.186. The highest BCUT2D eigenvalue weighted by atomic mass is 16.3. The van der Waals surface area contributed by atoms with Gasteiger partial charge in [0.1, 0.15) is 6.23 Å². The fourth-order valence-corrected chi connectivity index (χ4v) is 0.419. The minimum Gasteiger partial charge on any atom is -0.377 e. The first-order chi connectivity index (χ1) is 5.27. The molecule has 0 aromatic rings. The molecule has 64 valence electrons. The summed E-state index contributed by atoms with van der Waals surface area (Å²) in [6, 6.07) is 0. The van der Waals surface area contributed by atoms with Crippen LogP contribution in [0, 0.1) is 0 Å². The topological polar surface area (TPSA) is 83.0 Å². The lowest BCUT2D eigenvalue weighted by Gasteiger charge is -2.01. The standard InChI is InChI=1S/C6H14N4O/c1-8-2-3-9-5-10-4-6(7)11/h2,5-6,11H,3-4,7H2,1H3,(H,9,10). The summed E-state index contributed by atoms with van der Waals surface area (Å²) in [4.78, 5) is 7.61. The molecule has 5 heteroatoms. The first-order valence-electron chi connectivity index (χ1n) is 3.33. The summed E-state index contributed by atoms with van der Waals surface area (Å²) in [5.41, 5.74) is 5.04. The van der Waals surface area contributed by atoms with Crippen molar-refractivity contribution in [1.29, 1.82) is 0 Å². The van der Waals surface area contributed by atoms with Crippen LogP contribution in [-0.2, 0) is 0 Å². The Hall–Kier alpha value is -0.940. The zero-order chi connectivity index (χ0) is 8.53. The van der Waals surface area contributed by atoms with Gasteiger partial charge >= 0.3 is 0 Å².